The molecule has 1 aliphatic heterocycles. The van der Waals surface area contributed by atoms with E-state index in [9.17, 15) is 18.0 Å². The molecule has 1 aliphatic carbocycles. The van der Waals surface area contributed by atoms with E-state index in [1.807, 2.05) is 41.3 Å². The van der Waals surface area contributed by atoms with Gasteiger partial charge in [0, 0.05) is 23.5 Å². The summed E-state index contributed by atoms with van der Waals surface area (Å²) in [6, 6.07) is 16.1. The topological polar surface area (TPSA) is 95.6 Å². The monoisotopic (exact) mass is 469 g/mol. The molecule has 1 unspecified atom stereocenters. The summed E-state index contributed by atoms with van der Waals surface area (Å²) < 4.78 is 24.2. The average molecular weight is 470 g/mol. The largest absolute Gasteiger partial charge is 0.376 e. The van der Waals surface area contributed by atoms with E-state index in [0.717, 1.165) is 32.1 Å². The molecule has 176 valence electrons. The fourth-order valence-electron chi connectivity index (χ4n) is 4.88. The van der Waals surface area contributed by atoms with Crippen LogP contribution < -0.4 is 10.6 Å². The molecule has 1 heterocycles. The van der Waals surface area contributed by atoms with Crippen molar-refractivity contribution in [2.24, 2.45) is 0 Å². The Labute approximate surface area is 195 Å². The number of benzene rings is 2. The molecule has 4 rings (SSSR count). The van der Waals surface area contributed by atoms with Gasteiger partial charge in [0.15, 0.2) is 9.84 Å². The van der Waals surface area contributed by atoms with Crippen LogP contribution in [0.15, 0.2) is 54.6 Å². The lowest BCUT2D eigenvalue weighted by Crippen LogP contribution is -2.50. The van der Waals surface area contributed by atoms with E-state index in [1.54, 1.807) is 18.2 Å². The number of carbonyl (C=O) groups excluding carboxylic acids is 2. The number of hydrogen-bond acceptors (Lipinski definition) is 5. The molecule has 2 aromatic rings. The van der Waals surface area contributed by atoms with Crippen molar-refractivity contribution >= 4 is 33.0 Å². The van der Waals surface area contributed by atoms with Gasteiger partial charge in [-0.1, -0.05) is 49.6 Å². The first-order chi connectivity index (χ1) is 15.9. The van der Waals surface area contributed by atoms with Crippen molar-refractivity contribution in [3.63, 3.8) is 0 Å². The lowest BCUT2D eigenvalue weighted by atomic mass is 9.93. The Kier molecular flexibility index (Phi) is 7.33. The van der Waals surface area contributed by atoms with Gasteiger partial charge in [-0.25, -0.2) is 8.42 Å². The highest BCUT2D eigenvalue weighted by molar-refractivity contribution is 7.91. The zero-order valence-electron chi connectivity index (χ0n) is 18.7. The number of nitrogens with zero attached hydrogens (tertiary/aromatic N) is 1. The summed E-state index contributed by atoms with van der Waals surface area (Å²) in [6.07, 6.45) is 5.61. The van der Waals surface area contributed by atoms with Crippen molar-refractivity contribution in [2.75, 3.05) is 28.7 Å². The van der Waals surface area contributed by atoms with E-state index in [0.29, 0.717) is 23.4 Å². The van der Waals surface area contributed by atoms with Crippen LogP contribution in [0.3, 0.4) is 0 Å². The van der Waals surface area contributed by atoms with Crippen molar-refractivity contribution in [2.45, 2.75) is 50.6 Å². The number of nitrogens with one attached hydrogen (secondary N) is 2. The maximum atomic E-state index is 13.4. The van der Waals surface area contributed by atoms with Crippen LogP contribution in [-0.2, 0) is 14.6 Å². The van der Waals surface area contributed by atoms with Gasteiger partial charge in [0.05, 0.1) is 23.6 Å². The highest BCUT2D eigenvalue weighted by Gasteiger charge is 2.38. The molecule has 7 nitrogen and oxygen atoms in total. The minimum atomic E-state index is -3.09. The molecule has 0 aromatic heterocycles. The Morgan fingerprint density at radius 2 is 1.58 bits per heavy atom. The number of amides is 2. The zero-order chi connectivity index (χ0) is 23.3. The number of carbonyl (C=O) groups is 2. The van der Waals surface area contributed by atoms with Gasteiger partial charge in [-0.2, -0.15) is 0 Å². The number of rotatable bonds is 7. The van der Waals surface area contributed by atoms with E-state index in [2.05, 4.69) is 10.6 Å². The third-order valence-corrected chi connectivity index (χ3v) is 8.24. The fourth-order valence-corrected chi connectivity index (χ4v) is 6.59. The molecule has 2 amide bonds. The first-order valence-electron chi connectivity index (χ1n) is 11.6. The Bertz CT molecular complexity index is 1080. The normalized spacial score (nSPS) is 20.2. The third-order valence-electron chi connectivity index (χ3n) is 6.49. The van der Waals surface area contributed by atoms with E-state index in [-0.39, 0.29) is 41.9 Å². The summed E-state index contributed by atoms with van der Waals surface area (Å²) in [4.78, 5) is 28.0. The molecular formula is C25H31N3O4S. The predicted octanol–water partition coefficient (Wildman–Crippen LogP) is 3.70. The lowest BCUT2D eigenvalue weighted by molar-refractivity contribution is -0.134. The van der Waals surface area contributed by atoms with Gasteiger partial charge in [0.25, 0.3) is 5.91 Å². The first-order valence-corrected chi connectivity index (χ1v) is 13.5. The van der Waals surface area contributed by atoms with Crippen LogP contribution in [0.2, 0.25) is 0 Å². The second-order valence-electron chi connectivity index (χ2n) is 8.87. The molecule has 0 radical (unpaired) electrons. The van der Waals surface area contributed by atoms with Crippen molar-refractivity contribution < 1.29 is 18.0 Å². The first kappa shape index (κ1) is 23.3. The van der Waals surface area contributed by atoms with Crippen LogP contribution in [0.4, 0.5) is 11.4 Å². The molecular weight excluding hydrogens is 438 g/mol. The van der Waals surface area contributed by atoms with Gasteiger partial charge in [-0.05, 0) is 43.5 Å². The Morgan fingerprint density at radius 1 is 0.879 bits per heavy atom. The highest BCUT2D eigenvalue weighted by atomic mass is 32.2. The van der Waals surface area contributed by atoms with Crippen molar-refractivity contribution in [1.29, 1.82) is 0 Å². The van der Waals surface area contributed by atoms with Crippen molar-refractivity contribution in [3.8, 4) is 0 Å². The van der Waals surface area contributed by atoms with Crippen LogP contribution in [-0.4, -0.2) is 55.3 Å². The minimum absolute atomic E-state index is 0.0165. The molecule has 0 spiro atoms. The third kappa shape index (κ3) is 5.93. The molecule has 8 heteroatoms. The van der Waals surface area contributed by atoms with Gasteiger partial charge in [0.1, 0.15) is 0 Å². The molecule has 2 aromatic carbocycles. The van der Waals surface area contributed by atoms with Gasteiger partial charge in [-0.3, -0.25) is 9.59 Å². The Hall–Kier alpha value is -2.87. The molecule has 2 N–H and O–H groups in total. The van der Waals surface area contributed by atoms with E-state index >= 15 is 0 Å². The smallest absolute Gasteiger partial charge is 0.257 e. The summed E-state index contributed by atoms with van der Waals surface area (Å²) in [7, 11) is -3.09. The average Bonchev–Trinajstić information content (AvgIpc) is 3.18. The summed E-state index contributed by atoms with van der Waals surface area (Å²) >= 11 is 0. The molecule has 2 fully saturated rings. The molecule has 0 bridgehead atoms. The van der Waals surface area contributed by atoms with Gasteiger partial charge in [0.2, 0.25) is 5.91 Å². The molecule has 1 atom stereocenters. The highest BCUT2D eigenvalue weighted by Crippen LogP contribution is 2.28. The summed E-state index contributed by atoms with van der Waals surface area (Å²) in [6.45, 7) is 0.0165. The molecule has 2 aliphatic rings. The van der Waals surface area contributed by atoms with Crippen molar-refractivity contribution in [3.05, 3.63) is 60.2 Å². The van der Waals surface area contributed by atoms with Crippen molar-refractivity contribution in [1.82, 2.24) is 4.90 Å². The van der Waals surface area contributed by atoms with Crippen LogP contribution in [0.25, 0.3) is 0 Å². The van der Waals surface area contributed by atoms with Gasteiger partial charge < -0.3 is 15.5 Å². The lowest BCUT2D eigenvalue weighted by Gasteiger charge is -2.38. The second kappa shape index (κ2) is 10.4. The van der Waals surface area contributed by atoms with Crippen LogP contribution in [0.5, 0.6) is 0 Å². The SMILES string of the molecule is O=C(Nc1ccccc1)c1ccccc1NCC(=O)N(C1CCCCC1)C1CCS(=O)(=O)C1. The molecule has 1 saturated carbocycles. The van der Waals surface area contributed by atoms with Gasteiger partial charge >= 0.3 is 0 Å². The predicted molar refractivity (Wildman–Crippen MR) is 130 cm³/mol. The quantitative estimate of drug-likeness (QED) is 0.645. The van der Waals surface area contributed by atoms with E-state index in [1.165, 1.54) is 0 Å². The number of anilines is 2. The maximum absolute atomic E-state index is 13.4. The summed E-state index contributed by atoms with van der Waals surface area (Å²) in [5.41, 5.74) is 1.71. The number of hydrogen-bond donors (Lipinski definition) is 2. The van der Waals surface area contributed by atoms with Crippen LogP contribution in [0, 0.1) is 0 Å². The van der Waals surface area contributed by atoms with Crippen LogP contribution in [0.1, 0.15) is 48.9 Å². The molecule has 1 saturated heterocycles. The van der Waals surface area contributed by atoms with Crippen LogP contribution >= 0.6 is 0 Å². The minimum Gasteiger partial charge on any atom is -0.376 e. The summed E-state index contributed by atoms with van der Waals surface area (Å²) in [5.74, 6) is -0.180. The summed E-state index contributed by atoms with van der Waals surface area (Å²) in [5, 5.41) is 6.02. The maximum Gasteiger partial charge on any atom is 0.257 e. The van der Waals surface area contributed by atoms with E-state index < -0.39 is 9.84 Å². The number of para-hydroxylation sites is 2. The van der Waals surface area contributed by atoms with Gasteiger partial charge in [-0.15, -0.1) is 0 Å². The van der Waals surface area contributed by atoms with E-state index in [4.69, 9.17) is 0 Å². The number of sulfone groups is 1. The Morgan fingerprint density at radius 3 is 2.27 bits per heavy atom. The standard InChI is InChI=1S/C25H31N3O4S/c29-24(28(20-11-5-2-6-12-20)21-15-16-33(31,32)18-21)17-26-23-14-8-7-13-22(23)25(30)27-19-9-3-1-4-10-19/h1,3-4,7-10,13-14,20-21,26H,2,5-6,11-12,15-18H2,(H,27,30). The Balaban J connectivity index is 1.47. The fraction of sp³-hybridized carbons (Fsp3) is 0.440. The molecule has 33 heavy (non-hydrogen) atoms. The second-order valence-corrected chi connectivity index (χ2v) is 11.1. The zero-order valence-corrected chi connectivity index (χ0v) is 19.5.